The van der Waals surface area contributed by atoms with Crippen LogP contribution in [0.15, 0.2) is 53.7 Å². The predicted molar refractivity (Wildman–Crippen MR) is 125 cm³/mol. The Balaban J connectivity index is 1.92. The van der Waals surface area contributed by atoms with E-state index < -0.39 is 5.97 Å². The Kier molecular flexibility index (Phi) is 6.83. The van der Waals surface area contributed by atoms with Crippen molar-refractivity contribution in [3.8, 4) is 5.75 Å². The van der Waals surface area contributed by atoms with Crippen molar-refractivity contribution in [2.75, 3.05) is 6.61 Å². The average molecular weight is 626 g/mol. The van der Waals surface area contributed by atoms with Crippen molar-refractivity contribution in [3.05, 3.63) is 77.0 Å². The maximum Gasteiger partial charge on any atom is 0.363 e. The highest BCUT2D eigenvalue weighted by Crippen LogP contribution is 2.31. The van der Waals surface area contributed by atoms with Crippen LogP contribution >= 0.6 is 68.4 Å². The quantitative estimate of drug-likeness (QED) is 0.174. The van der Waals surface area contributed by atoms with Gasteiger partial charge in [-0.05, 0) is 87.2 Å². The molecule has 0 spiro atoms. The van der Waals surface area contributed by atoms with E-state index in [1.807, 2.05) is 12.1 Å². The Morgan fingerprint density at radius 1 is 1.15 bits per heavy atom. The molecule has 4 nitrogen and oxygen atoms in total. The van der Waals surface area contributed by atoms with Gasteiger partial charge in [-0.1, -0.05) is 35.9 Å². The third-order valence-corrected chi connectivity index (χ3v) is 5.80. The van der Waals surface area contributed by atoms with Crippen LogP contribution in [0.4, 0.5) is 0 Å². The molecular formula is C19H11Cl2I2NO3. The molecule has 3 rings (SSSR count). The summed E-state index contributed by atoms with van der Waals surface area (Å²) in [5.41, 5.74) is 1.61. The first-order chi connectivity index (χ1) is 12.9. The zero-order valence-electron chi connectivity index (χ0n) is 13.6. The number of benzene rings is 2. The van der Waals surface area contributed by atoms with Crippen LogP contribution in [-0.4, -0.2) is 18.5 Å². The number of aliphatic imine (C=N–C) groups is 1. The fourth-order valence-corrected chi connectivity index (χ4v) is 4.69. The van der Waals surface area contributed by atoms with Crippen LogP contribution in [0.1, 0.15) is 11.1 Å². The van der Waals surface area contributed by atoms with E-state index in [1.54, 1.807) is 30.4 Å². The van der Waals surface area contributed by atoms with Crippen molar-refractivity contribution in [2.24, 2.45) is 4.99 Å². The fourth-order valence-electron chi connectivity index (χ4n) is 2.26. The van der Waals surface area contributed by atoms with Gasteiger partial charge in [0.25, 0.3) is 0 Å². The molecule has 1 heterocycles. The van der Waals surface area contributed by atoms with Crippen LogP contribution < -0.4 is 4.74 Å². The highest BCUT2D eigenvalue weighted by molar-refractivity contribution is 14.1. The third kappa shape index (κ3) is 4.85. The maximum absolute atomic E-state index is 12.2. The molecule has 1 aliphatic heterocycles. The Labute approximate surface area is 193 Å². The van der Waals surface area contributed by atoms with Crippen LogP contribution in [0, 0.1) is 7.14 Å². The van der Waals surface area contributed by atoms with E-state index in [0.717, 1.165) is 18.5 Å². The molecule has 0 saturated heterocycles. The summed E-state index contributed by atoms with van der Waals surface area (Å²) in [4.78, 5) is 16.5. The smallest absolute Gasteiger partial charge is 0.363 e. The molecule has 0 aliphatic carbocycles. The lowest BCUT2D eigenvalue weighted by molar-refractivity contribution is -0.129. The molecule has 1 aliphatic rings. The maximum atomic E-state index is 12.2. The first-order valence-corrected chi connectivity index (χ1v) is 10.5. The monoisotopic (exact) mass is 625 g/mol. The number of esters is 1. The Hall–Kier alpha value is -1.10. The van der Waals surface area contributed by atoms with E-state index in [9.17, 15) is 4.79 Å². The van der Waals surface area contributed by atoms with Crippen molar-refractivity contribution >= 4 is 86.3 Å². The summed E-state index contributed by atoms with van der Waals surface area (Å²) in [5, 5.41) is 0.786. The van der Waals surface area contributed by atoms with Crippen LogP contribution in [-0.2, 0) is 9.53 Å². The molecule has 27 heavy (non-hydrogen) atoms. The first kappa shape index (κ1) is 20.6. The molecule has 0 unspecified atom stereocenters. The van der Waals surface area contributed by atoms with Crippen molar-refractivity contribution in [3.63, 3.8) is 0 Å². The van der Waals surface area contributed by atoms with Gasteiger partial charge >= 0.3 is 5.97 Å². The summed E-state index contributed by atoms with van der Waals surface area (Å²) in [6.07, 6.45) is 3.37. The minimum atomic E-state index is -0.520. The van der Waals surface area contributed by atoms with Crippen molar-refractivity contribution < 1.29 is 14.3 Å². The zero-order valence-corrected chi connectivity index (χ0v) is 19.5. The van der Waals surface area contributed by atoms with Gasteiger partial charge in [0.1, 0.15) is 12.4 Å². The van der Waals surface area contributed by atoms with Gasteiger partial charge in [-0.15, -0.1) is 0 Å². The second-order valence-corrected chi connectivity index (χ2v) is 8.52. The number of carbonyl (C=O) groups excluding carboxylic acids is 1. The van der Waals surface area contributed by atoms with E-state index in [4.69, 9.17) is 32.7 Å². The molecular weight excluding hydrogens is 615 g/mol. The molecule has 0 fully saturated rings. The van der Waals surface area contributed by atoms with Crippen LogP contribution in [0.5, 0.6) is 5.75 Å². The van der Waals surface area contributed by atoms with E-state index in [-0.39, 0.29) is 11.6 Å². The molecule has 2 aromatic rings. The van der Waals surface area contributed by atoms with Gasteiger partial charge in [-0.2, -0.15) is 0 Å². The topological polar surface area (TPSA) is 47.9 Å². The molecule has 138 valence electrons. The van der Waals surface area contributed by atoms with E-state index >= 15 is 0 Å². The number of halogens is 4. The molecule has 2 aromatic carbocycles. The van der Waals surface area contributed by atoms with E-state index in [0.29, 0.717) is 22.2 Å². The highest BCUT2D eigenvalue weighted by Gasteiger charge is 2.24. The van der Waals surface area contributed by atoms with Crippen molar-refractivity contribution in [1.29, 1.82) is 0 Å². The number of cyclic esters (lactones) is 1. The largest absolute Gasteiger partial charge is 0.487 e. The van der Waals surface area contributed by atoms with Gasteiger partial charge in [0.15, 0.2) is 5.70 Å². The van der Waals surface area contributed by atoms with Gasteiger partial charge in [0.05, 0.1) is 17.2 Å². The molecule has 0 amide bonds. The number of rotatable bonds is 5. The van der Waals surface area contributed by atoms with Gasteiger partial charge in [0, 0.05) is 5.56 Å². The minimum Gasteiger partial charge on any atom is -0.487 e. The molecule has 0 N–H and O–H groups in total. The number of ether oxygens (including phenoxy) is 2. The standard InChI is InChI=1S/C19H11Cl2I2NO3/c1-2-5-26-17-14(22)6-10(7-15(17)23)8-16-19(25)27-18(24-16)11-3-4-12(20)13(21)9-11/h2-4,6-9H,1,5H2/b16-8-. The third-order valence-electron chi connectivity index (χ3n) is 3.46. The lowest BCUT2D eigenvalue weighted by atomic mass is 10.2. The second-order valence-electron chi connectivity index (χ2n) is 5.38. The molecule has 0 bridgehead atoms. The van der Waals surface area contributed by atoms with Gasteiger partial charge in [-0.25, -0.2) is 9.79 Å². The summed E-state index contributed by atoms with van der Waals surface area (Å²) in [6, 6.07) is 8.75. The van der Waals surface area contributed by atoms with Gasteiger partial charge in [0.2, 0.25) is 5.90 Å². The Bertz CT molecular complexity index is 979. The average Bonchev–Trinajstić information content (AvgIpc) is 2.97. The molecule has 0 atom stereocenters. The number of carbonyl (C=O) groups is 1. The van der Waals surface area contributed by atoms with Crippen molar-refractivity contribution in [2.45, 2.75) is 0 Å². The summed E-state index contributed by atoms with van der Waals surface area (Å²) in [7, 11) is 0. The Morgan fingerprint density at radius 2 is 1.85 bits per heavy atom. The normalized spacial score (nSPS) is 14.9. The summed E-state index contributed by atoms with van der Waals surface area (Å²) in [6.45, 7) is 4.08. The lowest BCUT2D eigenvalue weighted by Gasteiger charge is -2.09. The van der Waals surface area contributed by atoms with E-state index in [2.05, 4.69) is 56.8 Å². The second kappa shape index (κ2) is 8.93. The molecule has 8 heteroatoms. The number of hydrogen-bond acceptors (Lipinski definition) is 4. The van der Waals surface area contributed by atoms with Crippen molar-refractivity contribution in [1.82, 2.24) is 0 Å². The van der Waals surface area contributed by atoms with Crippen LogP contribution in [0.2, 0.25) is 10.0 Å². The van der Waals surface area contributed by atoms with E-state index in [1.165, 1.54) is 0 Å². The summed E-state index contributed by atoms with van der Waals surface area (Å²) in [5.74, 6) is 0.459. The first-order valence-electron chi connectivity index (χ1n) is 7.59. The summed E-state index contributed by atoms with van der Waals surface area (Å²) < 4.78 is 12.8. The zero-order chi connectivity index (χ0) is 19.6. The van der Waals surface area contributed by atoms with Gasteiger partial charge < -0.3 is 9.47 Å². The van der Waals surface area contributed by atoms with Crippen LogP contribution in [0.3, 0.4) is 0 Å². The molecule has 0 saturated carbocycles. The lowest BCUT2D eigenvalue weighted by Crippen LogP contribution is -2.05. The minimum absolute atomic E-state index is 0.195. The van der Waals surface area contributed by atoms with Crippen LogP contribution in [0.25, 0.3) is 6.08 Å². The fraction of sp³-hybridized carbons (Fsp3) is 0.0526. The molecule has 0 aromatic heterocycles. The highest BCUT2D eigenvalue weighted by atomic mass is 127. The van der Waals surface area contributed by atoms with Gasteiger partial charge in [-0.3, -0.25) is 0 Å². The SMILES string of the molecule is C=CCOc1c(I)cc(/C=C2\N=C(c3ccc(Cl)c(Cl)c3)OC2=O)cc1I. The molecule has 0 radical (unpaired) electrons. The number of nitrogens with zero attached hydrogens (tertiary/aromatic N) is 1. The number of hydrogen-bond donors (Lipinski definition) is 0. The Morgan fingerprint density at radius 3 is 2.48 bits per heavy atom. The predicted octanol–water partition coefficient (Wildman–Crippen LogP) is 6.11. The summed E-state index contributed by atoms with van der Waals surface area (Å²) >= 11 is 16.3.